The molecule has 0 bridgehead atoms. The van der Waals surface area contributed by atoms with Crippen LogP contribution < -0.4 is 4.74 Å². The van der Waals surface area contributed by atoms with Crippen molar-refractivity contribution in [2.24, 2.45) is 0 Å². The first-order valence-corrected chi connectivity index (χ1v) is 13.7. The van der Waals surface area contributed by atoms with Gasteiger partial charge in [0.25, 0.3) is 0 Å². The quantitative estimate of drug-likeness (QED) is 0.103. The maximum absolute atomic E-state index is 12.0. The Morgan fingerprint density at radius 1 is 0.514 bits per heavy atom. The van der Waals surface area contributed by atoms with Crippen LogP contribution in [0.15, 0.2) is 72.8 Å². The number of aromatic hydroxyl groups is 5. The number of phenolic OH excluding ortho intramolecular Hbond substituents is 5. The summed E-state index contributed by atoms with van der Waals surface area (Å²) >= 11 is 8.05. The molecule has 5 N–H and O–H groups in total. The van der Waals surface area contributed by atoms with Crippen LogP contribution in [0.3, 0.4) is 0 Å². The summed E-state index contributed by atoms with van der Waals surface area (Å²) < 4.78 is 20.5. The van der Waals surface area contributed by atoms with E-state index in [9.17, 15) is 9.50 Å². The molecule has 0 saturated heterocycles. The zero-order valence-electron chi connectivity index (χ0n) is 17.5. The first-order chi connectivity index (χ1) is 16.5. The van der Waals surface area contributed by atoms with Crippen molar-refractivity contribution in [2.45, 2.75) is 0 Å². The second kappa shape index (κ2) is 14.3. The number of hydrogen-bond acceptors (Lipinski definition) is 6. The molecular formula is C24H17FI4O6. The number of phenols is 5. The SMILES string of the molecule is Oc1cc(I)c(O)cc1I.Oc1ccc(F)cc1.Oc1ccc(Oc2cc(I)c(O)cc2I)cc1. The first-order valence-electron chi connectivity index (χ1n) is 9.42. The van der Waals surface area contributed by atoms with Crippen LogP contribution in [-0.2, 0) is 0 Å². The maximum Gasteiger partial charge on any atom is 0.142 e. The van der Waals surface area contributed by atoms with Crippen molar-refractivity contribution in [1.29, 1.82) is 0 Å². The van der Waals surface area contributed by atoms with Crippen LogP contribution in [-0.4, -0.2) is 25.5 Å². The van der Waals surface area contributed by atoms with Crippen molar-refractivity contribution < 1.29 is 34.7 Å². The van der Waals surface area contributed by atoms with Gasteiger partial charge in [0.05, 0.1) is 14.3 Å². The Morgan fingerprint density at radius 3 is 1.31 bits per heavy atom. The van der Waals surface area contributed by atoms with Gasteiger partial charge in [-0.2, -0.15) is 0 Å². The van der Waals surface area contributed by atoms with Crippen molar-refractivity contribution in [3.8, 4) is 40.2 Å². The van der Waals surface area contributed by atoms with Crippen molar-refractivity contribution in [3.63, 3.8) is 0 Å². The molecule has 0 saturated carbocycles. The van der Waals surface area contributed by atoms with Gasteiger partial charge < -0.3 is 30.3 Å². The smallest absolute Gasteiger partial charge is 0.142 e. The molecule has 0 radical (unpaired) electrons. The fourth-order valence-corrected chi connectivity index (χ4v) is 4.11. The Balaban J connectivity index is 0.000000204. The van der Waals surface area contributed by atoms with Gasteiger partial charge in [-0.3, -0.25) is 0 Å². The molecule has 11 heteroatoms. The summed E-state index contributed by atoms with van der Waals surface area (Å²) in [6.45, 7) is 0. The number of hydrogen-bond donors (Lipinski definition) is 5. The molecule has 4 aromatic rings. The van der Waals surface area contributed by atoms with Crippen molar-refractivity contribution >= 4 is 90.4 Å². The fourth-order valence-electron chi connectivity index (χ4n) is 2.20. The highest BCUT2D eigenvalue weighted by atomic mass is 127. The lowest BCUT2D eigenvalue weighted by Gasteiger charge is -2.09. The molecule has 4 rings (SSSR count). The van der Waals surface area contributed by atoms with Gasteiger partial charge in [-0.25, -0.2) is 4.39 Å². The number of rotatable bonds is 2. The minimum absolute atomic E-state index is 0.0893. The van der Waals surface area contributed by atoms with Crippen LogP contribution in [0.5, 0.6) is 40.2 Å². The van der Waals surface area contributed by atoms with Gasteiger partial charge in [-0.15, -0.1) is 0 Å². The third-order valence-electron chi connectivity index (χ3n) is 3.91. The molecule has 0 atom stereocenters. The third kappa shape index (κ3) is 10.2. The highest BCUT2D eigenvalue weighted by Crippen LogP contribution is 2.33. The second-order valence-electron chi connectivity index (χ2n) is 6.56. The fraction of sp³-hybridized carbons (Fsp3) is 0. The van der Waals surface area contributed by atoms with Crippen LogP contribution >= 0.6 is 90.4 Å². The van der Waals surface area contributed by atoms with E-state index in [0.29, 0.717) is 18.6 Å². The van der Waals surface area contributed by atoms with E-state index < -0.39 is 0 Å². The van der Waals surface area contributed by atoms with Crippen molar-refractivity contribution in [2.75, 3.05) is 0 Å². The van der Waals surface area contributed by atoms with Crippen LogP contribution in [0.4, 0.5) is 4.39 Å². The van der Waals surface area contributed by atoms with Crippen LogP contribution in [0, 0.1) is 20.1 Å². The van der Waals surface area contributed by atoms with Gasteiger partial charge in [-0.05, 0) is 163 Å². The van der Waals surface area contributed by atoms with Gasteiger partial charge in [0, 0.05) is 0 Å². The van der Waals surface area contributed by atoms with E-state index in [2.05, 4.69) is 22.6 Å². The Hall–Kier alpha value is -1.47. The largest absolute Gasteiger partial charge is 0.508 e. The van der Waals surface area contributed by atoms with Crippen molar-refractivity contribution in [3.05, 3.63) is 92.9 Å². The summed E-state index contributed by atoms with van der Waals surface area (Å²) in [5, 5.41) is 45.5. The summed E-state index contributed by atoms with van der Waals surface area (Å²) in [4.78, 5) is 0. The predicted molar refractivity (Wildman–Crippen MR) is 165 cm³/mol. The highest BCUT2D eigenvalue weighted by molar-refractivity contribution is 14.1. The van der Waals surface area contributed by atoms with Crippen LogP contribution in [0.25, 0.3) is 0 Å². The molecule has 0 amide bonds. The maximum atomic E-state index is 12.0. The Kier molecular flexibility index (Phi) is 12.2. The lowest BCUT2D eigenvalue weighted by molar-refractivity contribution is 0.454. The minimum Gasteiger partial charge on any atom is -0.508 e. The van der Waals surface area contributed by atoms with Crippen LogP contribution in [0.2, 0.25) is 0 Å². The molecule has 4 aromatic carbocycles. The van der Waals surface area contributed by atoms with E-state index in [1.807, 2.05) is 67.8 Å². The zero-order valence-corrected chi connectivity index (χ0v) is 26.1. The molecule has 0 heterocycles. The molecule has 0 aromatic heterocycles. The average molecular weight is 928 g/mol. The normalized spacial score (nSPS) is 9.86. The second-order valence-corrected chi connectivity index (χ2v) is 11.2. The van der Waals surface area contributed by atoms with E-state index in [1.165, 1.54) is 36.4 Å². The summed E-state index contributed by atoms with van der Waals surface area (Å²) in [6.07, 6.45) is 0. The highest BCUT2D eigenvalue weighted by Gasteiger charge is 2.08. The Labute approximate surface area is 255 Å². The summed E-state index contributed by atoms with van der Waals surface area (Å²) in [5.74, 6) is 1.95. The standard InChI is InChI=1S/C12H8I2O3.C6H5FO.C6H4I2O2/c13-9-6-12(10(14)5-11(9)16)17-8-3-1-7(15)2-4-8;7-5-1-3-6(8)4-2-5;7-3-1-5(9)4(8)2-6(3)10/h1-6,15-16H;1-4,8H;1-2,9-10H. The van der Waals surface area contributed by atoms with Crippen molar-refractivity contribution in [1.82, 2.24) is 0 Å². The molecule has 0 fully saturated rings. The molecule has 6 nitrogen and oxygen atoms in total. The average Bonchev–Trinajstić information content (AvgIpc) is 2.80. The topological polar surface area (TPSA) is 110 Å². The molecule has 0 unspecified atom stereocenters. The molecule has 0 aliphatic carbocycles. The predicted octanol–water partition coefficient (Wildman–Crippen LogP) is 7.94. The first kappa shape index (κ1) is 29.8. The third-order valence-corrected chi connectivity index (χ3v) is 7.34. The lowest BCUT2D eigenvalue weighted by atomic mass is 10.3. The summed E-state index contributed by atoms with van der Waals surface area (Å²) in [7, 11) is 0. The van der Waals surface area contributed by atoms with E-state index in [4.69, 9.17) is 25.2 Å². The summed E-state index contributed by atoms with van der Waals surface area (Å²) in [6, 6.07) is 18.0. The molecular weight excluding hydrogens is 911 g/mol. The monoisotopic (exact) mass is 928 g/mol. The van der Waals surface area contributed by atoms with Gasteiger partial charge in [-0.1, -0.05) is 0 Å². The van der Waals surface area contributed by atoms with Gasteiger partial charge in [0.1, 0.15) is 46.1 Å². The number of ether oxygens (including phenoxy) is 1. The van der Waals surface area contributed by atoms with E-state index in [0.717, 1.165) is 7.14 Å². The van der Waals surface area contributed by atoms with E-state index in [-0.39, 0.29) is 34.6 Å². The molecule has 0 aliphatic heterocycles. The molecule has 0 aliphatic rings. The van der Waals surface area contributed by atoms with Crippen LogP contribution in [0.1, 0.15) is 0 Å². The molecule has 184 valence electrons. The zero-order chi connectivity index (χ0) is 26.1. The van der Waals surface area contributed by atoms with Gasteiger partial charge in [0.2, 0.25) is 0 Å². The summed E-state index contributed by atoms with van der Waals surface area (Å²) in [5.41, 5.74) is 0. The number of benzene rings is 4. The van der Waals surface area contributed by atoms with Gasteiger partial charge >= 0.3 is 0 Å². The lowest BCUT2D eigenvalue weighted by Crippen LogP contribution is -1.88. The van der Waals surface area contributed by atoms with Gasteiger partial charge in [0.15, 0.2) is 0 Å². The molecule has 0 spiro atoms. The van der Waals surface area contributed by atoms with E-state index in [1.54, 1.807) is 36.4 Å². The number of halogens is 5. The Morgan fingerprint density at radius 2 is 0.886 bits per heavy atom. The minimum atomic E-state index is -0.331. The molecule has 35 heavy (non-hydrogen) atoms. The van der Waals surface area contributed by atoms with E-state index >= 15 is 0 Å². The Bertz CT molecular complexity index is 1200.